The van der Waals surface area contributed by atoms with Crippen LogP contribution in [0.4, 0.5) is 0 Å². The average molecular weight is 290 g/mol. The highest BCUT2D eigenvalue weighted by molar-refractivity contribution is 5.13. The minimum atomic E-state index is 0.193. The van der Waals surface area contributed by atoms with Crippen molar-refractivity contribution in [3.8, 4) is 5.75 Å². The molecule has 0 saturated heterocycles. The molecule has 0 unspecified atom stereocenters. The van der Waals surface area contributed by atoms with Crippen LogP contribution in [-0.4, -0.2) is 26.9 Å². The summed E-state index contributed by atoms with van der Waals surface area (Å²) in [7, 11) is 1.90. The number of nitrogens with zero attached hydrogens (tertiary/aromatic N) is 3. The van der Waals surface area contributed by atoms with Crippen molar-refractivity contribution in [2.45, 2.75) is 51.8 Å². The molecule has 0 amide bonds. The van der Waals surface area contributed by atoms with Gasteiger partial charge in [-0.05, 0) is 26.2 Å². The van der Waals surface area contributed by atoms with Gasteiger partial charge in [0.2, 0.25) is 0 Å². The number of aryl methyl sites for hydroxylation is 3. The minimum absolute atomic E-state index is 0.193. The lowest BCUT2D eigenvalue weighted by atomic mass is 10.2. The van der Waals surface area contributed by atoms with Gasteiger partial charge in [-0.3, -0.25) is 4.68 Å². The normalized spacial score (nSPS) is 21.9. The van der Waals surface area contributed by atoms with Crippen molar-refractivity contribution in [3.05, 3.63) is 29.7 Å². The molecule has 1 fully saturated rings. The molecule has 6 nitrogen and oxygen atoms in total. The van der Waals surface area contributed by atoms with Crippen LogP contribution in [0, 0.1) is 13.8 Å². The summed E-state index contributed by atoms with van der Waals surface area (Å²) in [6, 6.07) is 0.343. The predicted octanol–water partition coefficient (Wildman–Crippen LogP) is 2.11. The van der Waals surface area contributed by atoms with Crippen LogP contribution in [-0.2, 0) is 13.6 Å². The standard InChI is InChI=1S/C15H22N4O2/c1-10-15(20-11(2)18-10)8-16-13-5-4-6-14(13)21-12-7-17-19(3)9-12/h7,9,13-14,16H,4-6,8H2,1-3H3/t13-,14+/m0/s1. The van der Waals surface area contributed by atoms with Crippen LogP contribution in [0.3, 0.4) is 0 Å². The van der Waals surface area contributed by atoms with E-state index in [1.54, 1.807) is 10.9 Å². The Morgan fingerprint density at radius 3 is 2.95 bits per heavy atom. The Hall–Kier alpha value is -1.82. The fraction of sp³-hybridized carbons (Fsp3) is 0.600. The van der Waals surface area contributed by atoms with E-state index in [9.17, 15) is 0 Å². The molecule has 1 aliphatic carbocycles. The molecule has 3 rings (SSSR count). The van der Waals surface area contributed by atoms with Crippen molar-refractivity contribution < 1.29 is 9.15 Å². The maximum Gasteiger partial charge on any atom is 0.191 e. The molecular formula is C15H22N4O2. The van der Waals surface area contributed by atoms with Gasteiger partial charge < -0.3 is 14.5 Å². The summed E-state index contributed by atoms with van der Waals surface area (Å²) in [4.78, 5) is 4.30. The first-order chi connectivity index (χ1) is 10.1. The molecule has 1 saturated carbocycles. The van der Waals surface area contributed by atoms with Crippen molar-refractivity contribution in [3.63, 3.8) is 0 Å². The Morgan fingerprint density at radius 1 is 1.43 bits per heavy atom. The van der Waals surface area contributed by atoms with E-state index >= 15 is 0 Å². The molecule has 0 bridgehead atoms. The molecule has 0 aliphatic heterocycles. The Morgan fingerprint density at radius 2 is 2.29 bits per heavy atom. The summed E-state index contributed by atoms with van der Waals surface area (Å²) in [5, 5.41) is 7.68. The van der Waals surface area contributed by atoms with Crippen molar-refractivity contribution >= 4 is 0 Å². The van der Waals surface area contributed by atoms with Gasteiger partial charge in [0.05, 0.1) is 24.6 Å². The third-order valence-electron chi connectivity index (χ3n) is 3.95. The molecule has 2 atom stereocenters. The predicted molar refractivity (Wildman–Crippen MR) is 78.1 cm³/mol. The maximum atomic E-state index is 6.04. The van der Waals surface area contributed by atoms with Gasteiger partial charge in [-0.15, -0.1) is 0 Å². The van der Waals surface area contributed by atoms with Crippen molar-refractivity contribution in [1.82, 2.24) is 20.1 Å². The molecule has 2 heterocycles. The second-order valence-corrected chi connectivity index (χ2v) is 5.67. The number of hydrogen-bond acceptors (Lipinski definition) is 5. The van der Waals surface area contributed by atoms with Gasteiger partial charge in [-0.25, -0.2) is 4.98 Å². The molecule has 0 radical (unpaired) electrons. The Kier molecular flexibility index (Phi) is 3.96. The van der Waals surface area contributed by atoms with E-state index in [-0.39, 0.29) is 6.10 Å². The lowest BCUT2D eigenvalue weighted by molar-refractivity contribution is 0.172. The van der Waals surface area contributed by atoms with Crippen LogP contribution in [0.1, 0.15) is 36.6 Å². The lowest BCUT2D eigenvalue weighted by Crippen LogP contribution is -2.38. The topological polar surface area (TPSA) is 65.1 Å². The van der Waals surface area contributed by atoms with Crippen LogP contribution in [0.2, 0.25) is 0 Å². The van der Waals surface area contributed by atoms with E-state index in [1.807, 2.05) is 27.1 Å². The van der Waals surface area contributed by atoms with Crippen LogP contribution in [0.25, 0.3) is 0 Å². The first kappa shape index (κ1) is 14.1. The molecule has 114 valence electrons. The van der Waals surface area contributed by atoms with Crippen LogP contribution < -0.4 is 10.1 Å². The van der Waals surface area contributed by atoms with Crippen LogP contribution in [0.5, 0.6) is 5.75 Å². The van der Waals surface area contributed by atoms with Gasteiger partial charge in [0, 0.05) is 20.0 Å². The first-order valence-corrected chi connectivity index (χ1v) is 7.43. The maximum absolute atomic E-state index is 6.04. The van der Waals surface area contributed by atoms with E-state index in [0.29, 0.717) is 12.6 Å². The van der Waals surface area contributed by atoms with Gasteiger partial charge in [0.1, 0.15) is 11.9 Å². The van der Waals surface area contributed by atoms with Crippen molar-refractivity contribution in [1.29, 1.82) is 0 Å². The third kappa shape index (κ3) is 3.26. The van der Waals surface area contributed by atoms with E-state index in [2.05, 4.69) is 15.4 Å². The monoisotopic (exact) mass is 290 g/mol. The number of rotatable bonds is 5. The highest BCUT2D eigenvalue weighted by Gasteiger charge is 2.29. The van der Waals surface area contributed by atoms with Gasteiger partial charge in [-0.2, -0.15) is 5.10 Å². The Balaban J connectivity index is 1.58. The van der Waals surface area contributed by atoms with Crippen LogP contribution in [0.15, 0.2) is 16.8 Å². The number of aromatic nitrogens is 3. The molecule has 2 aromatic rings. The summed E-state index contributed by atoms with van der Waals surface area (Å²) in [5.74, 6) is 2.47. The molecule has 6 heteroatoms. The molecule has 21 heavy (non-hydrogen) atoms. The van der Waals surface area contributed by atoms with E-state index in [0.717, 1.165) is 35.9 Å². The molecule has 2 aromatic heterocycles. The lowest BCUT2D eigenvalue weighted by Gasteiger charge is -2.21. The second-order valence-electron chi connectivity index (χ2n) is 5.67. The molecule has 0 spiro atoms. The smallest absolute Gasteiger partial charge is 0.191 e. The van der Waals surface area contributed by atoms with E-state index in [4.69, 9.17) is 9.15 Å². The zero-order valence-electron chi connectivity index (χ0n) is 12.8. The molecule has 0 aromatic carbocycles. The number of nitrogens with one attached hydrogen (secondary N) is 1. The Bertz CT molecular complexity index is 605. The van der Waals surface area contributed by atoms with Gasteiger partial charge >= 0.3 is 0 Å². The first-order valence-electron chi connectivity index (χ1n) is 7.43. The SMILES string of the molecule is Cc1nc(C)c(CN[C@H]2CCC[C@H]2Oc2cnn(C)c2)o1. The molecule has 1 N–H and O–H groups in total. The summed E-state index contributed by atoms with van der Waals surface area (Å²) in [6.07, 6.45) is 7.23. The van der Waals surface area contributed by atoms with E-state index in [1.165, 1.54) is 6.42 Å². The largest absolute Gasteiger partial charge is 0.486 e. The fourth-order valence-electron chi connectivity index (χ4n) is 2.90. The van der Waals surface area contributed by atoms with Crippen molar-refractivity contribution in [2.75, 3.05) is 0 Å². The second kappa shape index (κ2) is 5.89. The molecular weight excluding hydrogens is 268 g/mol. The van der Waals surface area contributed by atoms with Gasteiger partial charge in [0.15, 0.2) is 11.6 Å². The number of ether oxygens (including phenoxy) is 1. The number of hydrogen-bond donors (Lipinski definition) is 1. The molecule has 1 aliphatic rings. The van der Waals surface area contributed by atoms with Crippen LogP contribution >= 0.6 is 0 Å². The highest BCUT2D eigenvalue weighted by Crippen LogP contribution is 2.25. The summed E-state index contributed by atoms with van der Waals surface area (Å²) < 4.78 is 13.4. The van der Waals surface area contributed by atoms with Crippen molar-refractivity contribution in [2.24, 2.45) is 7.05 Å². The summed E-state index contributed by atoms with van der Waals surface area (Å²) in [5.41, 5.74) is 0.961. The fourth-order valence-corrected chi connectivity index (χ4v) is 2.90. The zero-order chi connectivity index (χ0) is 14.8. The quantitative estimate of drug-likeness (QED) is 0.913. The third-order valence-corrected chi connectivity index (χ3v) is 3.95. The zero-order valence-corrected chi connectivity index (χ0v) is 12.8. The highest BCUT2D eigenvalue weighted by atomic mass is 16.5. The van der Waals surface area contributed by atoms with Gasteiger partial charge in [0.25, 0.3) is 0 Å². The Labute approximate surface area is 124 Å². The average Bonchev–Trinajstić information content (AvgIpc) is 3.11. The van der Waals surface area contributed by atoms with E-state index < -0.39 is 0 Å². The van der Waals surface area contributed by atoms with Gasteiger partial charge in [-0.1, -0.05) is 0 Å². The summed E-state index contributed by atoms with van der Waals surface area (Å²) in [6.45, 7) is 4.55. The minimum Gasteiger partial charge on any atom is -0.486 e. The number of oxazole rings is 1. The summed E-state index contributed by atoms with van der Waals surface area (Å²) >= 11 is 0.